The summed E-state index contributed by atoms with van der Waals surface area (Å²) in [6, 6.07) is 14.5. The summed E-state index contributed by atoms with van der Waals surface area (Å²) >= 11 is 6.00. The molecule has 7 heteroatoms. The molecule has 0 atom stereocenters. The van der Waals surface area contributed by atoms with Crippen molar-refractivity contribution in [3.8, 4) is 0 Å². The molecule has 1 aliphatic rings. The van der Waals surface area contributed by atoms with Crippen LogP contribution in [0, 0.1) is 0 Å². The van der Waals surface area contributed by atoms with Crippen molar-refractivity contribution in [1.82, 2.24) is 9.29 Å². The molecule has 1 N–H and O–H groups in total. The van der Waals surface area contributed by atoms with Crippen LogP contribution in [-0.2, 0) is 10.0 Å². The zero-order valence-corrected chi connectivity index (χ0v) is 16.7. The molecule has 3 aromatic rings. The summed E-state index contributed by atoms with van der Waals surface area (Å²) in [5.74, 6) is 0. The van der Waals surface area contributed by atoms with Gasteiger partial charge in [0.05, 0.1) is 10.4 Å². The molecule has 4 rings (SSSR count). The second kappa shape index (κ2) is 7.19. The Labute approximate surface area is 164 Å². The Hall–Kier alpha value is -2.02. The first-order valence-corrected chi connectivity index (χ1v) is 10.8. The molecule has 0 aliphatic carbocycles. The van der Waals surface area contributed by atoms with E-state index in [1.807, 2.05) is 18.2 Å². The lowest BCUT2D eigenvalue weighted by molar-refractivity contribution is 0.444. The number of hydrogen-bond donors (Lipinski definition) is 1. The predicted octanol–water partition coefficient (Wildman–Crippen LogP) is 3.72. The Morgan fingerprint density at radius 2 is 1.85 bits per heavy atom. The minimum atomic E-state index is -3.71. The Morgan fingerprint density at radius 1 is 1.11 bits per heavy atom. The molecular weight excluding hydrogens is 382 g/mol. The summed E-state index contributed by atoms with van der Waals surface area (Å²) in [6.45, 7) is 2.02. The SMILES string of the molecule is CN(c1cccc2c1ccn2S(=O)(=O)c1cccc(Cl)c1)C1CCNCC1. The van der Waals surface area contributed by atoms with Crippen molar-refractivity contribution in [2.45, 2.75) is 23.8 Å². The summed E-state index contributed by atoms with van der Waals surface area (Å²) in [6.07, 6.45) is 3.78. The number of nitrogens with one attached hydrogen (secondary N) is 1. The predicted molar refractivity (Wildman–Crippen MR) is 110 cm³/mol. The molecule has 142 valence electrons. The number of piperidine rings is 1. The van der Waals surface area contributed by atoms with Crippen molar-refractivity contribution in [2.24, 2.45) is 0 Å². The van der Waals surface area contributed by atoms with Crippen LogP contribution >= 0.6 is 11.6 Å². The maximum absolute atomic E-state index is 13.1. The molecule has 0 unspecified atom stereocenters. The van der Waals surface area contributed by atoms with Gasteiger partial charge >= 0.3 is 0 Å². The molecule has 2 aromatic carbocycles. The summed E-state index contributed by atoms with van der Waals surface area (Å²) in [5, 5.41) is 4.72. The van der Waals surface area contributed by atoms with Gasteiger partial charge in [0.15, 0.2) is 0 Å². The van der Waals surface area contributed by atoms with Crippen LogP contribution in [0.25, 0.3) is 10.9 Å². The van der Waals surface area contributed by atoms with Gasteiger partial charge in [-0.1, -0.05) is 23.7 Å². The number of benzene rings is 2. The lowest BCUT2D eigenvalue weighted by atomic mass is 10.0. The Balaban J connectivity index is 1.78. The first kappa shape index (κ1) is 18.3. The Morgan fingerprint density at radius 3 is 2.59 bits per heavy atom. The number of fused-ring (bicyclic) bond motifs is 1. The lowest BCUT2D eigenvalue weighted by Crippen LogP contribution is -2.41. The summed E-state index contributed by atoms with van der Waals surface area (Å²) < 4.78 is 27.6. The molecule has 1 saturated heterocycles. The minimum absolute atomic E-state index is 0.185. The second-order valence-corrected chi connectivity index (χ2v) is 9.13. The van der Waals surface area contributed by atoms with Gasteiger partial charge in [-0.25, -0.2) is 12.4 Å². The molecule has 1 aliphatic heterocycles. The third-order valence-corrected chi connectivity index (χ3v) is 7.18. The van der Waals surface area contributed by atoms with E-state index in [-0.39, 0.29) is 4.90 Å². The van der Waals surface area contributed by atoms with Gasteiger partial charge in [-0.05, 0) is 62.3 Å². The molecule has 0 saturated carbocycles. The molecule has 0 spiro atoms. The van der Waals surface area contributed by atoms with Crippen molar-refractivity contribution in [1.29, 1.82) is 0 Å². The van der Waals surface area contributed by atoms with Gasteiger partial charge in [-0.3, -0.25) is 0 Å². The van der Waals surface area contributed by atoms with Crippen LogP contribution in [0.2, 0.25) is 5.02 Å². The standard InChI is InChI=1S/C20H22ClN3O2S/c1-23(16-8-11-22-12-9-16)19-6-3-7-20-18(19)10-13-24(20)27(25,26)17-5-2-4-15(21)14-17/h2-7,10,13-14,16,22H,8-9,11-12H2,1H3. The van der Waals surface area contributed by atoms with Gasteiger partial charge in [0.25, 0.3) is 10.0 Å². The first-order valence-electron chi connectivity index (χ1n) is 9.03. The molecule has 1 fully saturated rings. The van der Waals surface area contributed by atoms with E-state index in [1.54, 1.807) is 24.4 Å². The van der Waals surface area contributed by atoms with E-state index in [2.05, 4.69) is 23.3 Å². The van der Waals surface area contributed by atoms with E-state index >= 15 is 0 Å². The smallest absolute Gasteiger partial charge is 0.268 e. The van der Waals surface area contributed by atoms with E-state index in [0.717, 1.165) is 37.0 Å². The fraction of sp³-hybridized carbons (Fsp3) is 0.300. The number of hydrogen-bond acceptors (Lipinski definition) is 4. The fourth-order valence-corrected chi connectivity index (χ4v) is 5.42. The molecule has 0 bridgehead atoms. The summed E-state index contributed by atoms with van der Waals surface area (Å²) in [5.41, 5.74) is 1.73. The van der Waals surface area contributed by atoms with Crippen molar-refractivity contribution >= 4 is 38.2 Å². The zero-order chi connectivity index (χ0) is 19.0. The topological polar surface area (TPSA) is 54.3 Å². The molecule has 2 heterocycles. The monoisotopic (exact) mass is 403 g/mol. The van der Waals surface area contributed by atoms with Gasteiger partial charge in [-0.2, -0.15) is 0 Å². The van der Waals surface area contributed by atoms with Crippen molar-refractivity contribution in [3.05, 3.63) is 59.8 Å². The minimum Gasteiger partial charge on any atom is -0.371 e. The molecule has 5 nitrogen and oxygen atoms in total. The van der Waals surface area contributed by atoms with Crippen LogP contribution < -0.4 is 10.2 Å². The summed E-state index contributed by atoms with van der Waals surface area (Å²) in [7, 11) is -1.62. The van der Waals surface area contributed by atoms with Crippen molar-refractivity contribution in [2.75, 3.05) is 25.0 Å². The maximum atomic E-state index is 13.1. The summed E-state index contributed by atoms with van der Waals surface area (Å²) in [4.78, 5) is 2.46. The molecular formula is C20H22ClN3O2S. The van der Waals surface area contributed by atoms with E-state index in [0.29, 0.717) is 16.6 Å². The normalized spacial score (nSPS) is 15.9. The molecule has 0 amide bonds. The number of halogens is 1. The van der Waals surface area contributed by atoms with Crippen LogP contribution in [-0.4, -0.2) is 38.6 Å². The largest absolute Gasteiger partial charge is 0.371 e. The Bertz CT molecular complexity index is 1070. The van der Waals surface area contributed by atoms with Gasteiger partial charge in [-0.15, -0.1) is 0 Å². The fourth-order valence-electron chi connectivity index (χ4n) is 3.78. The van der Waals surface area contributed by atoms with Crippen LogP contribution in [0.3, 0.4) is 0 Å². The molecule has 0 radical (unpaired) electrons. The molecule has 27 heavy (non-hydrogen) atoms. The number of nitrogens with zero attached hydrogens (tertiary/aromatic N) is 2. The first-order chi connectivity index (χ1) is 13.0. The van der Waals surface area contributed by atoms with Gasteiger partial charge in [0.1, 0.15) is 0 Å². The third kappa shape index (κ3) is 3.33. The van der Waals surface area contributed by atoms with Crippen molar-refractivity contribution in [3.63, 3.8) is 0 Å². The maximum Gasteiger partial charge on any atom is 0.268 e. The quantitative estimate of drug-likeness (QED) is 0.721. The van der Waals surface area contributed by atoms with Crippen molar-refractivity contribution < 1.29 is 8.42 Å². The number of rotatable bonds is 4. The van der Waals surface area contributed by atoms with Gasteiger partial charge in [0.2, 0.25) is 0 Å². The number of anilines is 1. The highest BCUT2D eigenvalue weighted by molar-refractivity contribution is 7.90. The average Bonchev–Trinajstić information content (AvgIpc) is 3.13. The highest BCUT2D eigenvalue weighted by atomic mass is 35.5. The van der Waals surface area contributed by atoms with E-state index < -0.39 is 10.0 Å². The highest BCUT2D eigenvalue weighted by Gasteiger charge is 2.23. The van der Waals surface area contributed by atoms with Crippen LogP contribution in [0.5, 0.6) is 0 Å². The molecule has 1 aromatic heterocycles. The second-order valence-electron chi connectivity index (χ2n) is 6.88. The van der Waals surface area contributed by atoms with E-state index in [1.165, 1.54) is 10.0 Å². The Kier molecular flexibility index (Phi) is 4.88. The van der Waals surface area contributed by atoms with Crippen LogP contribution in [0.4, 0.5) is 5.69 Å². The van der Waals surface area contributed by atoms with Crippen LogP contribution in [0.15, 0.2) is 59.6 Å². The zero-order valence-electron chi connectivity index (χ0n) is 15.1. The van der Waals surface area contributed by atoms with Gasteiger partial charge in [0, 0.05) is 35.4 Å². The third-order valence-electron chi connectivity index (χ3n) is 5.26. The van der Waals surface area contributed by atoms with E-state index in [4.69, 9.17) is 11.6 Å². The highest BCUT2D eigenvalue weighted by Crippen LogP contribution is 2.32. The number of aromatic nitrogens is 1. The average molecular weight is 404 g/mol. The lowest BCUT2D eigenvalue weighted by Gasteiger charge is -2.33. The van der Waals surface area contributed by atoms with Crippen LogP contribution in [0.1, 0.15) is 12.8 Å². The van der Waals surface area contributed by atoms with E-state index in [9.17, 15) is 8.42 Å². The van der Waals surface area contributed by atoms with Gasteiger partial charge < -0.3 is 10.2 Å².